The summed E-state index contributed by atoms with van der Waals surface area (Å²) in [6.45, 7) is 5.85. The van der Waals surface area contributed by atoms with Gasteiger partial charge in [-0.3, -0.25) is 4.79 Å². The molecular weight excluding hydrogens is 300 g/mol. The van der Waals surface area contributed by atoms with Gasteiger partial charge in [-0.15, -0.1) is 11.3 Å². The SMILES string of the molecule is CC(C)(C)OC(=O)NCc1ccc(-c2scnc2C=O)cc1. The largest absolute Gasteiger partial charge is 0.444 e. The van der Waals surface area contributed by atoms with E-state index >= 15 is 0 Å². The third kappa shape index (κ3) is 4.39. The average Bonchev–Trinajstić information content (AvgIpc) is 2.92. The molecule has 0 atom stereocenters. The summed E-state index contributed by atoms with van der Waals surface area (Å²) in [5, 5.41) is 2.71. The summed E-state index contributed by atoms with van der Waals surface area (Å²) in [4.78, 5) is 27.3. The number of alkyl carbamates (subject to hydrolysis) is 1. The molecule has 22 heavy (non-hydrogen) atoms. The smallest absolute Gasteiger partial charge is 0.407 e. The highest BCUT2D eigenvalue weighted by Crippen LogP contribution is 2.26. The maximum Gasteiger partial charge on any atom is 0.407 e. The molecule has 0 aliphatic carbocycles. The molecule has 0 spiro atoms. The van der Waals surface area contributed by atoms with E-state index in [2.05, 4.69) is 10.3 Å². The van der Waals surface area contributed by atoms with Crippen LogP contribution in [-0.2, 0) is 11.3 Å². The van der Waals surface area contributed by atoms with Gasteiger partial charge in [0, 0.05) is 6.54 Å². The van der Waals surface area contributed by atoms with Gasteiger partial charge in [0.15, 0.2) is 6.29 Å². The van der Waals surface area contributed by atoms with E-state index in [1.807, 2.05) is 45.0 Å². The lowest BCUT2D eigenvalue weighted by Crippen LogP contribution is -2.32. The predicted molar refractivity (Wildman–Crippen MR) is 86.0 cm³/mol. The van der Waals surface area contributed by atoms with Crippen molar-refractivity contribution in [3.8, 4) is 10.4 Å². The van der Waals surface area contributed by atoms with E-state index < -0.39 is 11.7 Å². The first-order chi connectivity index (χ1) is 10.4. The van der Waals surface area contributed by atoms with Crippen LogP contribution in [-0.4, -0.2) is 23.0 Å². The fourth-order valence-corrected chi connectivity index (χ4v) is 2.58. The van der Waals surface area contributed by atoms with E-state index in [0.29, 0.717) is 12.2 Å². The number of amides is 1. The van der Waals surface area contributed by atoms with Gasteiger partial charge in [-0.25, -0.2) is 9.78 Å². The summed E-state index contributed by atoms with van der Waals surface area (Å²) in [6, 6.07) is 7.63. The minimum atomic E-state index is -0.509. The van der Waals surface area contributed by atoms with Crippen LogP contribution in [0.3, 0.4) is 0 Å². The molecule has 0 radical (unpaired) electrons. The van der Waals surface area contributed by atoms with E-state index in [1.165, 1.54) is 11.3 Å². The van der Waals surface area contributed by atoms with Gasteiger partial charge in [-0.1, -0.05) is 24.3 Å². The molecule has 0 aliphatic rings. The molecule has 0 saturated heterocycles. The molecule has 116 valence electrons. The van der Waals surface area contributed by atoms with Crippen LogP contribution >= 0.6 is 11.3 Å². The molecule has 1 aromatic heterocycles. The molecule has 1 aromatic carbocycles. The second kappa shape index (κ2) is 6.70. The number of carbonyl (C=O) groups excluding carboxylic acids is 2. The molecule has 5 nitrogen and oxygen atoms in total. The second-order valence-electron chi connectivity index (χ2n) is 5.74. The van der Waals surface area contributed by atoms with Gasteiger partial charge >= 0.3 is 6.09 Å². The van der Waals surface area contributed by atoms with E-state index in [4.69, 9.17) is 4.74 Å². The number of carbonyl (C=O) groups is 2. The predicted octanol–water partition coefficient (Wildman–Crippen LogP) is 3.65. The second-order valence-corrected chi connectivity index (χ2v) is 6.59. The third-order valence-electron chi connectivity index (χ3n) is 2.76. The normalized spacial score (nSPS) is 11.0. The zero-order valence-electron chi connectivity index (χ0n) is 12.8. The quantitative estimate of drug-likeness (QED) is 0.874. The van der Waals surface area contributed by atoms with Crippen LogP contribution < -0.4 is 5.32 Å². The molecule has 0 saturated carbocycles. The van der Waals surface area contributed by atoms with Gasteiger partial charge in [-0.05, 0) is 31.9 Å². The minimum absolute atomic E-state index is 0.387. The zero-order chi connectivity index (χ0) is 16.2. The van der Waals surface area contributed by atoms with Crippen molar-refractivity contribution in [2.45, 2.75) is 32.9 Å². The molecule has 2 rings (SSSR count). The van der Waals surface area contributed by atoms with Crippen LogP contribution in [0.2, 0.25) is 0 Å². The van der Waals surface area contributed by atoms with Crippen molar-refractivity contribution in [1.29, 1.82) is 0 Å². The summed E-state index contributed by atoms with van der Waals surface area (Å²) in [7, 11) is 0. The number of nitrogens with zero attached hydrogens (tertiary/aromatic N) is 1. The first-order valence-electron chi connectivity index (χ1n) is 6.84. The lowest BCUT2D eigenvalue weighted by Gasteiger charge is -2.19. The molecule has 0 bridgehead atoms. The number of aromatic nitrogens is 1. The first-order valence-corrected chi connectivity index (χ1v) is 7.72. The minimum Gasteiger partial charge on any atom is -0.444 e. The van der Waals surface area contributed by atoms with Crippen LogP contribution in [0, 0.1) is 0 Å². The number of thiazole rings is 1. The van der Waals surface area contributed by atoms with Gasteiger partial charge in [0.1, 0.15) is 11.3 Å². The van der Waals surface area contributed by atoms with Gasteiger partial charge in [0.05, 0.1) is 10.4 Å². The Morgan fingerprint density at radius 2 is 2.00 bits per heavy atom. The fraction of sp³-hybridized carbons (Fsp3) is 0.312. The number of nitrogens with one attached hydrogen (secondary N) is 1. The summed E-state index contributed by atoms with van der Waals surface area (Å²) in [6.07, 6.45) is 0.311. The molecule has 1 amide bonds. The Balaban J connectivity index is 1.98. The third-order valence-corrected chi connectivity index (χ3v) is 3.65. The van der Waals surface area contributed by atoms with Gasteiger partial charge in [-0.2, -0.15) is 0 Å². The molecule has 0 unspecified atom stereocenters. The Labute approximate surface area is 133 Å². The zero-order valence-corrected chi connectivity index (χ0v) is 13.6. The molecule has 1 heterocycles. The van der Waals surface area contributed by atoms with E-state index in [0.717, 1.165) is 22.3 Å². The van der Waals surface area contributed by atoms with Crippen molar-refractivity contribution < 1.29 is 14.3 Å². The van der Waals surface area contributed by atoms with Crippen LogP contribution in [0.4, 0.5) is 4.79 Å². The molecule has 1 N–H and O–H groups in total. The van der Waals surface area contributed by atoms with Crippen LogP contribution in [0.5, 0.6) is 0 Å². The van der Waals surface area contributed by atoms with Gasteiger partial charge in [0.2, 0.25) is 0 Å². The number of rotatable bonds is 4. The maximum atomic E-state index is 11.6. The highest BCUT2D eigenvalue weighted by Gasteiger charge is 2.15. The summed E-state index contributed by atoms with van der Waals surface area (Å²) < 4.78 is 5.18. The standard InChI is InChI=1S/C16H18N2O3S/c1-16(2,3)21-15(20)17-8-11-4-6-12(7-5-11)14-13(9-19)18-10-22-14/h4-7,9-10H,8H2,1-3H3,(H,17,20). The summed E-state index contributed by atoms with van der Waals surface area (Å²) in [5.74, 6) is 0. The van der Waals surface area contributed by atoms with Gasteiger partial charge in [0.25, 0.3) is 0 Å². The monoisotopic (exact) mass is 318 g/mol. The molecule has 6 heteroatoms. The number of hydrogen-bond donors (Lipinski definition) is 1. The molecule has 0 aliphatic heterocycles. The van der Waals surface area contributed by atoms with Crippen LogP contribution in [0.25, 0.3) is 10.4 Å². The highest BCUT2D eigenvalue weighted by atomic mass is 32.1. The van der Waals surface area contributed by atoms with E-state index in [-0.39, 0.29) is 0 Å². The summed E-state index contributed by atoms with van der Waals surface area (Å²) >= 11 is 1.43. The molecule has 0 fully saturated rings. The summed E-state index contributed by atoms with van der Waals surface area (Å²) in [5.41, 5.74) is 3.48. The topological polar surface area (TPSA) is 68.3 Å². The van der Waals surface area contributed by atoms with Crippen LogP contribution in [0.15, 0.2) is 29.8 Å². The fourth-order valence-electron chi connectivity index (χ4n) is 1.82. The van der Waals surface area contributed by atoms with Crippen molar-refractivity contribution in [2.75, 3.05) is 0 Å². The van der Waals surface area contributed by atoms with E-state index in [9.17, 15) is 9.59 Å². The van der Waals surface area contributed by atoms with Crippen molar-refractivity contribution in [3.05, 3.63) is 41.0 Å². The number of hydrogen-bond acceptors (Lipinski definition) is 5. The Kier molecular flexibility index (Phi) is 4.92. The Morgan fingerprint density at radius 3 is 2.59 bits per heavy atom. The Hall–Kier alpha value is -2.21. The highest BCUT2D eigenvalue weighted by molar-refractivity contribution is 7.13. The molecular formula is C16H18N2O3S. The number of aldehydes is 1. The maximum absolute atomic E-state index is 11.6. The first kappa shape index (κ1) is 16.2. The Morgan fingerprint density at radius 1 is 1.32 bits per heavy atom. The van der Waals surface area contributed by atoms with Crippen molar-refractivity contribution in [2.24, 2.45) is 0 Å². The van der Waals surface area contributed by atoms with E-state index in [1.54, 1.807) is 5.51 Å². The van der Waals surface area contributed by atoms with Gasteiger partial charge < -0.3 is 10.1 Å². The van der Waals surface area contributed by atoms with Crippen molar-refractivity contribution in [3.63, 3.8) is 0 Å². The lowest BCUT2D eigenvalue weighted by molar-refractivity contribution is 0.0523. The van der Waals surface area contributed by atoms with Crippen LogP contribution in [0.1, 0.15) is 36.8 Å². The lowest BCUT2D eigenvalue weighted by atomic mass is 10.1. The van der Waals surface area contributed by atoms with Crippen molar-refractivity contribution >= 4 is 23.7 Å². The number of ether oxygens (including phenoxy) is 1. The molecule has 2 aromatic rings. The average molecular weight is 318 g/mol. The van der Waals surface area contributed by atoms with Crippen molar-refractivity contribution in [1.82, 2.24) is 10.3 Å². The Bertz CT molecular complexity index is 657. The number of benzene rings is 1.